The van der Waals surface area contributed by atoms with E-state index in [0.717, 1.165) is 23.5 Å². The Hall–Kier alpha value is -1.68. The van der Waals surface area contributed by atoms with E-state index in [4.69, 9.17) is 5.73 Å². The molecule has 0 aliphatic rings. The quantitative estimate of drug-likeness (QED) is 0.815. The zero-order chi connectivity index (χ0) is 11.4. The lowest BCUT2D eigenvalue weighted by Gasteiger charge is -2.07. The first-order chi connectivity index (χ1) is 7.79. The number of aromatic amines is 1. The van der Waals surface area contributed by atoms with Crippen molar-refractivity contribution in [2.24, 2.45) is 11.7 Å². The molecule has 1 atom stereocenters. The average molecular weight is 216 g/mol. The first-order valence-electron chi connectivity index (χ1n) is 5.44. The molecular formula is C12H16N4. The molecule has 2 heterocycles. The van der Waals surface area contributed by atoms with Crippen molar-refractivity contribution >= 4 is 0 Å². The predicted octanol–water partition coefficient (Wildman–Crippen LogP) is 1.61. The van der Waals surface area contributed by atoms with Gasteiger partial charge >= 0.3 is 0 Å². The molecule has 4 nitrogen and oxygen atoms in total. The molecule has 0 aliphatic carbocycles. The van der Waals surface area contributed by atoms with E-state index in [-0.39, 0.29) is 0 Å². The number of hydrogen-bond donors (Lipinski definition) is 2. The minimum absolute atomic E-state index is 0.418. The lowest BCUT2D eigenvalue weighted by atomic mass is 10.1. The maximum Gasteiger partial charge on any atom is 0.129 e. The Kier molecular flexibility index (Phi) is 3.31. The number of rotatable bonds is 4. The molecule has 0 radical (unpaired) electrons. The van der Waals surface area contributed by atoms with Gasteiger partial charge in [0.05, 0.1) is 5.69 Å². The van der Waals surface area contributed by atoms with Gasteiger partial charge in [-0.05, 0) is 24.6 Å². The number of nitrogens with two attached hydrogens (primary N) is 1. The molecule has 2 aromatic rings. The van der Waals surface area contributed by atoms with Crippen LogP contribution in [-0.2, 0) is 6.42 Å². The number of hydrogen-bond acceptors (Lipinski definition) is 3. The third-order valence-corrected chi connectivity index (χ3v) is 2.53. The second-order valence-corrected chi connectivity index (χ2v) is 4.00. The molecule has 2 aromatic heterocycles. The van der Waals surface area contributed by atoms with E-state index >= 15 is 0 Å². The summed E-state index contributed by atoms with van der Waals surface area (Å²) < 4.78 is 0. The minimum Gasteiger partial charge on any atom is -0.367 e. The first kappa shape index (κ1) is 10.8. The number of nitrogens with one attached hydrogen (secondary N) is 1. The van der Waals surface area contributed by atoms with E-state index in [1.165, 1.54) is 0 Å². The van der Waals surface area contributed by atoms with Gasteiger partial charge in [0.1, 0.15) is 5.82 Å². The molecule has 1 unspecified atom stereocenters. The van der Waals surface area contributed by atoms with Crippen LogP contribution in [0.3, 0.4) is 0 Å². The molecule has 0 aliphatic heterocycles. The van der Waals surface area contributed by atoms with Crippen molar-refractivity contribution in [1.82, 2.24) is 15.0 Å². The molecule has 0 spiro atoms. The molecule has 3 N–H and O–H groups in total. The van der Waals surface area contributed by atoms with Crippen LogP contribution in [0, 0.1) is 5.92 Å². The molecule has 0 saturated carbocycles. The average Bonchev–Trinajstić information content (AvgIpc) is 2.83. The Bertz CT molecular complexity index is 436. The predicted molar refractivity (Wildman–Crippen MR) is 63.7 cm³/mol. The van der Waals surface area contributed by atoms with Gasteiger partial charge < -0.3 is 10.7 Å². The SMILES string of the molecule is CC(CN)Cc1nccc(-c2cc[nH]c2)n1. The Morgan fingerprint density at radius 2 is 2.31 bits per heavy atom. The summed E-state index contributed by atoms with van der Waals surface area (Å²) >= 11 is 0. The first-order valence-corrected chi connectivity index (χ1v) is 5.44. The van der Waals surface area contributed by atoms with E-state index in [1.54, 1.807) is 6.20 Å². The monoisotopic (exact) mass is 216 g/mol. The number of aromatic nitrogens is 3. The lowest BCUT2D eigenvalue weighted by molar-refractivity contribution is 0.574. The standard InChI is InChI=1S/C12H16N4/c1-9(7-13)6-12-15-5-3-11(16-12)10-2-4-14-8-10/h2-5,8-9,14H,6-7,13H2,1H3. The molecular weight excluding hydrogens is 200 g/mol. The van der Waals surface area contributed by atoms with Crippen LogP contribution in [0.4, 0.5) is 0 Å². The van der Waals surface area contributed by atoms with Gasteiger partial charge in [-0.2, -0.15) is 0 Å². The van der Waals surface area contributed by atoms with Gasteiger partial charge in [-0.3, -0.25) is 0 Å². The highest BCUT2D eigenvalue weighted by molar-refractivity contribution is 5.57. The second-order valence-electron chi connectivity index (χ2n) is 4.00. The number of nitrogens with zero attached hydrogens (tertiary/aromatic N) is 2. The molecule has 0 amide bonds. The van der Waals surface area contributed by atoms with Crippen molar-refractivity contribution in [1.29, 1.82) is 0 Å². The highest BCUT2D eigenvalue weighted by atomic mass is 14.9. The summed E-state index contributed by atoms with van der Waals surface area (Å²) in [4.78, 5) is 11.8. The topological polar surface area (TPSA) is 67.6 Å². The summed E-state index contributed by atoms with van der Waals surface area (Å²) in [6, 6.07) is 3.91. The zero-order valence-electron chi connectivity index (χ0n) is 9.35. The van der Waals surface area contributed by atoms with Gasteiger partial charge in [-0.15, -0.1) is 0 Å². The van der Waals surface area contributed by atoms with E-state index in [0.29, 0.717) is 12.5 Å². The highest BCUT2D eigenvalue weighted by Gasteiger charge is 2.06. The summed E-state index contributed by atoms with van der Waals surface area (Å²) in [6.07, 6.45) is 6.45. The van der Waals surface area contributed by atoms with Crippen LogP contribution in [0.25, 0.3) is 11.3 Å². The summed E-state index contributed by atoms with van der Waals surface area (Å²) in [5, 5.41) is 0. The fraction of sp³-hybridized carbons (Fsp3) is 0.333. The maximum absolute atomic E-state index is 5.59. The third kappa shape index (κ3) is 2.46. The second kappa shape index (κ2) is 4.90. The molecule has 16 heavy (non-hydrogen) atoms. The van der Waals surface area contributed by atoms with Crippen LogP contribution >= 0.6 is 0 Å². The van der Waals surface area contributed by atoms with Crippen molar-refractivity contribution in [3.8, 4) is 11.3 Å². The van der Waals surface area contributed by atoms with Crippen molar-refractivity contribution < 1.29 is 0 Å². The highest BCUT2D eigenvalue weighted by Crippen LogP contribution is 2.15. The van der Waals surface area contributed by atoms with E-state index in [2.05, 4.69) is 21.9 Å². The Morgan fingerprint density at radius 1 is 1.44 bits per heavy atom. The molecule has 0 bridgehead atoms. The summed E-state index contributed by atoms with van der Waals surface area (Å²) in [6.45, 7) is 2.77. The van der Waals surface area contributed by atoms with E-state index in [9.17, 15) is 0 Å². The van der Waals surface area contributed by atoms with E-state index in [1.807, 2.05) is 24.5 Å². The molecule has 2 rings (SSSR count). The van der Waals surface area contributed by atoms with Crippen LogP contribution in [0.5, 0.6) is 0 Å². The fourth-order valence-corrected chi connectivity index (χ4v) is 1.54. The molecule has 0 fully saturated rings. The van der Waals surface area contributed by atoms with Crippen LogP contribution in [0.2, 0.25) is 0 Å². The lowest BCUT2D eigenvalue weighted by Crippen LogP contribution is -2.14. The van der Waals surface area contributed by atoms with Gasteiger partial charge in [0, 0.05) is 30.6 Å². The van der Waals surface area contributed by atoms with Crippen LogP contribution < -0.4 is 5.73 Å². The Balaban J connectivity index is 2.20. The molecule has 4 heteroatoms. The number of H-pyrrole nitrogens is 1. The smallest absolute Gasteiger partial charge is 0.129 e. The van der Waals surface area contributed by atoms with Gasteiger partial charge in [-0.1, -0.05) is 6.92 Å². The van der Waals surface area contributed by atoms with Gasteiger partial charge in [0.15, 0.2) is 0 Å². The molecule has 84 valence electrons. The van der Waals surface area contributed by atoms with Crippen LogP contribution in [0.1, 0.15) is 12.7 Å². The fourth-order valence-electron chi connectivity index (χ4n) is 1.54. The summed E-state index contributed by atoms with van der Waals surface area (Å²) in [5.74, 6) is 1.28. The zero-order valence-corrected chi connectivity index (χ0v) is 9.35. The van der Waals surface area contributed by atoms with Crippen molar-refractivity contribution in [3.63, 3.8) is 0 Å². The van der Waals surface area contributed by atoms with Gasteiger partial charge in [0.2, 0.25) is 0 Å². The normalized spacial score (nSPS) is 12.6. The third-order valence-electron chi connectivity index (χ3n) is 2.53. The molecule has 0 saturated heterocycles. The van der Waals surface area contributed by atoms with Crippen LogP contribution in [0.15, 0.2) is 30.7 Å². The Morgan fingerprint density at radius 3 is 3.00 bits per heavy atom. The Labute approximate surface area is 94.9 Å². The summed E-state index contributed by atoms with van der Waals surface area (Å²) in [7, 11) is 0. The van der Waals surface area contributed by atoms with Crippen molar-refractivity contribution in [2.75, 3.05) is 6.54 Å². The largest absolute Gasteiger partial charge is 0.367 e. The van der Waals surface area contributed by atoms with Crippen molar-refractivity contribution in [3.05, 3.63) is 36.5 Å². The van der Waals surface area contributed by atoms with E-state index < -0.39 is 0 Å². The van der Waals surface area contributed by atoms with Gasteiger partial charge in [0.25, 0.3) is 0 Å². The summed E-state index contributed by atoms with van der Waals surface area (Å²) in [5.41, 5.74) is 7.63. The molecule has 0 aromatic carbocycles. The van der Waals surface area contributed by atoms with Crippen molar-refractivity contribution in [2.45, 2.75) is 13.3 Å². The minimum atomic E-state index is 0.418. The maximum atomic E-state index is 5.59. The van der Waals surface area contributed by atoms with Crippen LogP contribution in [-0.4, -0.2) is 21.5 Å². The van der Waals surface area contributed by atoms with Gasteiger partial charge in [-0.25, -0.2) is 9.97 Å².